The van der Waals surface area contributed by atoms with Crippen molar-refractivity contribution in [2.75, 3.05) is 31.4 Å². The molecule has 34 heavy (non-hydrogen) atoms. The maximum absolute atomic E-state index is 12.0. The van der Waals surface area contributed by atoms with Crippen LogP contribution in [0.25, 0.3) is 0 Å². The first-order valence-corrected chi connectivity index (χ1v) is 10.6. The van der Waals surface area contributed by atoms with Gasteiger partial charge in [0.25, 0.3) is 0 Å². The van der Waals surface area contributed by atoms with Gasteiger partial charge in [0.05, 0.1) is 20.8 Å². The second-order valence-corrected chi connectivity index (χ2v) is 7.51. The maximum atomic E-state index is 12.0. The minimum Gasteiger partial charge on any atom is -0.497 e. The van der Waals surface area contributed by atoms with Gasteiger partial charge in [-0.3, -0.25) is 10.1 Å². The van der Waals surface area contributed by atoms with Gasteiger partial charge in [-0.2, -0.15) is 15.0 Å². The molecule has 0 unspecified atom stereocenters. The van der Waals surface area contributed by atoms with Gasteiger partial charge >= 0.3 is 6.03 Å². The summed E-state index contributed by atoms with van der Waals surface area (Å²) in [5.74, 6) is 2.25. The van der Waals surface area contributed by atoms with Crippen LogP contribution in [0.1, 0.15) is 17.0 Å². The molecule has 3 N–H and O–H groups in total. The fourth-order valence-electron chi connectivity index (χ4n) is 3.28. The number of amides is 3. The summed E-state index contributed by atoms with van der Waals surface area (Å²) >= 11 is 0. The number of ether oxygens (including phenoxy) is 2. The van der Waals surface area contributed by atoms with Crippen LogP contribution in [0.4, 0.5) is 16.7 Å². The van der Waals surface area contributed by atoms with Crippen LogP contribution >= 0.6 is 0 Å². The number of hydrogen-bond acceptors (Lipinski definition) is 9. The van der Waals surface area contributed by atoms with E-state index in [9.17, 15) is 9.59 Å². The largest absolute Gasteiger partial charge is 0.497 e. The summed E-state index contributed by atoms with van der Waals surface area (Å²) in [5, 5.41) is 8.64. The number of imide groups is 1. The van der Waals surface area contributed by atoms with Crippen molar-refractivity contribution in [2.45, 2.75) is 19.6 Å². The molecule has 1 fully saturated rings. The molecule has 3 aromatic rings. The highest BCUT2D eigenvalue weighted by Gasteiger charge is 2.27. The molecule has 1 aliphatic heterocycles. The quantitative estimate of drug-likeness (QED) is 0.387. The van der Waals surface area contributed by atoms with Crippen molar-refractivity contribution >= 4 is 23.8 Å². The number of anilines is 2. The Morgan fingerprint density at radius 3 is 1.74 bits per heavy atom. The highest BCUT2D eigenvalue weighted by molar-refractivity contribution is 6.01. The van der Waals surface area contributed by atoms with Gasteiger partial charge < -0.3 is 25.0 Å². The molecule has 11 heteroatoms. The summed E-state index contributed by atoms with van der Waals surface area (Å²) in [6.45, 7) is 1.00. The van der Waals surface area contributed by atoms with Gasteiger partial charge in [-0.1, -0.05) is 24.3 Å². The van der Waals surface area contributed by atoms with E-state index in [0.717, 1.165) is 22.6 Å². The molecular weight excluding hydrogens is 438 g/mol. The maximum Gasteiger partial charge on any atom is 0.324 e. The van der Waals surface area contributed by atoms with Crippen LogP contribution in [-0.2, 0) is 24.4 Å². The summed E-state index contributed by atoms with van der Waals surface area (Å²) in [5.41, 5.74) is 2.03. The summed E-state index contributed by atoms with van der Waals surface area (Å²) in [4.78, 5) is 38.2. The second-order valence-electron chi connectivity index (χ2n) is 7.51. The molecule has 2 aromatic carbocycles. The standard InChI is InChI=1S/C23H25N7O4/c1-33-17-7-3-15(4-8-17)11-24-21-26-19(13-30-14-20(31)28-23(30)32)27-22(29-21)25-12-16-5-9-18(34-2)10-6-16/h3-10H,11-14H2,1-2H3,(H,28,31,32)(H2,24,25,26,27,29). The van der Waals surface area contributed by atoms with E-state index in [4.69, 9.17) is 9.47 Å². The molecule has 1 aliphatic rings. The van der Waals surface area contributed by atoms with Crippen molar-refractivity contribution in [1.29, 1.82) is 0 Å². The van der Waals surface area contributed by atoms with Gasteiger partial charge in [0.1, 0.15) is 18.0 Å². The summed E-state index contributed by atoms with van der Waals surface area (Å²) < 4.78 is 10.4. The Morgan fingerprint density at radius 1 is 0.824 bits per heavy atom. The second kappa shape index (κ2) is 10.5. The number of aromatic nitrogens is 3. The number of rotatable bonds is 10. The molecule has 0 bridgehead atoms. The number of methoxy groups -OCH3 is 2. The van der Waals surface area contributed by atoms with E-state index in [1.165, 1.54) is 4.90 Å². The first kappa shape index (κ1) is 22.8. The van der Waals surface area contributed by atoms with E-state index >= 15 is 0 Å². The number of carbonyl (C=O) groups excluding carboxylic acids is 2. The molecule has 11 nitrogen and oxygen atoms in total. The zero-order chi connectivity index (χ0) is 23.9. The zero-order valence-electron chi connectivity index (χ0n) is 18.9. The van der Waals surface area contributed by atoms with Crippen molar-refractivity contribution in [3.63, 3.8) is 0 Å². The van der Waals surface area contributed by atoms with E-state index in [1.807, 2.05) is 48.5 Å². The molecule has 4 rings (SSSR count). The van der Waals surface area contributed by atoms with Crippen LogP contribution in [0.15, 0.2) is 48.5 Å². The Kier molecular flexibility index (Phi) is 7.01. The molecule has 0 saturated carbocycles. The van der Waals surface area contributed by atoms with Crippen LogP contribution in [0.5, 0.6) is 11.5 Å². The zero-order valence-corrected chi connectivity index (χ0v) is 18.9. The molecule has 2 heterocycles. The van der Waals surface area contributed by atoms with Crippen molar-refractivity contribution < 1.29 is 19.1 Å². The summed E-state index contributed by atoms with van der Waals surface area (Å²) in [7, 11) is 3.24. The highest BCUT2D eigenvalue weighted by atomic mass is 16.5. The first-order chi connectivity index (χ1) is 16.5. The summed E-state index contributed by atoms with van der Waals surface area (Å²) in [6.07, 6.45) is 0. The average Bonchev–Trinajstić information content (AvgIpc) is 3.18. The third-order valence-electron chi connectivity index (χ3n) is 5.10. The Labute approximate surface area is 196 Å². The molecule has 1 saturated heterocycles. The Morgan fingerprint density at radius 2 is 1.32 bits per heavy atom. The number of hydrogen-bond donors (Lipinski definition) is 3. The summed E-state index contributed by atoms with van der Waals surface area (Å²) in [6, 6.07) is 14.8. The number of nitrogens with zero attached hydrogens (tertiary/aromatic N) is 4. The molecule has 1 aromatic heterocycles. The predicted octanol–water partition coefficient (Wildman–Crippen LogP) is 2.16. The molecule has 3 amide bonds. The van der Waals surface area contributed by atoms with Crippen molar-refractivity contribution in [3.05, 3.63) is 65.5 Å². The first-order valence-electron chi connectivity index (χ1n) is 10.6. The number of nitrogens with one attached hydrogen (secondary N) is 3. The molecule has 0 spiro atoms. The normalized spacial score (nSPS) is 12.9. The van der Waals surface area contributed by atoms with E-state index < -0.39 is 6.03 Å². The lowest BCUT2D eigenvalue weighted by atomic mass is 10.2. The Balaban J connectivity index is 1.49. The SMILES string of the molecule is COc1ccc(CNc2nc(CN3CC(=O)NC3=O)nc(NCc3ccc(OC)cc3)n2)cc1. The highest BCUT2D eigenvalue weighted by Crippen LogP contribution is 2.16. The van der Waals surface area contributed by atoms with Crippen molar-refractivity contribution in [3.8, 4) is 11.5 Å². The van der Waals surface area contributed by atoms with Gasteiger partial charge in [0.15, 0.2) is 5.82 Å². The van der Waals surface area contributed by atoms with Crippen LogP contribution in [0.2, 0.25) is 0 Å². The fourth-order valence-corrected chi connectivity index (χ4v) is 3.28. The fraction of sp³-hybridized carbons (Fsp3) is 0.261. The van der Waals surface area contributed by atoms with Crippen LogP contribution in [0.3, 0.4) is 0 Å². The smallest absolute Gasteiger partial charge is 0.324 e. The molecular formula is C23H25N7O4. The third kappa shape index (κ3) is 5.88. The van der Waals surface area contributed by atoms with Crippen molar-refractivity contribution in [1.82, 2.24) is 25.2 Å². The lowest BCUT2D eigenvalue weighted by Crippen LogP contribution is -2.29. The van der Waals surface area contributed by atoms with E-state index in [2.05, 4.69) is 30.9 Å². The molecule has 176 valence electrons. The van der Waals surface area contributed by atoms with Gasteiger partial charge in [0, 0.05) is 13.1 Å². The van der Waals surface area contributed by atoms with Gasteiger partial charge in [-0.25, -0.2) is 4.79 Å². The van der Waals surface area contributed by atoms with Gasteiger partial charge in [-0.05, 0) is 35.4 Å². The van der Waals surface area contributed by atoms with E-state index in [-0.39, 0.29) is 19.0 Å². The predicted molar refractivity (Wildman–Crippen MR) is 124 cm³/mol. The topological polar surface area (TPSA) is 131 Å². The van der Waals surface area contributed by atoms with Gasteiger partial charge in [0.2, 0.25) is 17.8 Å². The molecule has 0 radical (unpaired) electrons. The number of benzene rings is 2. The van der Waals surface area contributed by atoms with E-state index in [0.29, 0.717) is 30.8 Å². The van der Waals surface area contributed by atoms with Crippen molar-refractivity contribution in [2.24, 2.45) is 0 Å². The minimum atomic E-state index is -0.467. The number of urea groups is 1. The minimum absolute atomic E-state index is 0.0340. The number of carbonyl (C=O) groups is 2. The lowest BCUT2D eigenvalue weighted by molar-refractivity contribution is -0.118. The van der Waals surface area contributed by atoms with E-state index in [1.54, 1.807) is 14.2 Å². The third-order valence-corrected chi connectivity index (χ3v) is 5.10. The Hall–Kier alpha value is -4.41. The van der Waals surface area contributed by atoms with Crippen LogP contribution < -0.4 is 25.4 Å². The lowest BCUT2D eigenvalue weighted by Gasteiger charge is -2.14. The monoisotopic (exact) mass is 463 g/mol. The van der Waals surface area contributed by atoms with Crippen LogP contribution in [-0.4, -0.2) is 52.6 Å². The average molecular weight is 463 g/mol. The molecule has 0 atom stereocenters. The van der Waals surface area contributed by atoms with Gasteiger partial charge in [-0.15, -0.1) is 0 Å². The van der Waals surface area contributed by atoms with Crippen LogP contribution in [0, 0.1) is 0 Å². The molecule has 0 aliphatic carbocycles. The Bertz CT molecular complexity index is 1080.